The van der Waals surface area contributed by atoms with Gasteiger partial charge < -0.3 is 14.5 Å². The van der Waals surface area contributed by atoms with Crippen molar-refractivity contribution in [3.8, 4) is 5.75 Å². The van der Waals surface area contributed by atoms with E-state index in [2.05, 4.69) is 35.6 Å². The first kappa shape index (κ1) is 24.1. The lowest BCUT2D eigenvalue weighted by Crippen LogP contribution is -2.48. The molecule has 0 radical (unpaired) electrons. The van der Waals surface area contributed by atoms with Gasteiger partial charge in [-0.05, 0) is 41.2 Å². The Morgan fingerprint density at radius 1 is 1.15 bits per heavy atom. The molecule has 8 nitrogen and oxygen atoms in total. The Morgan fingerprint density at radius 2 is 1.88 bits per heavy atom. The molecule has 0 saturated carbocycles. The summed E-state index contributed by atoms with van der Waals surface area (Å²) in [6, 6.07) is 7.30. The zero-order valence-electron chi connectivity index (χ0n) is 18.2. The molecule has 1 fully saturated rings. The van der Waals surface area contributed by atoms with Gasteiger partial charge in [-0.3, -0.25) is 14.3 Å². The molecule has 1 amide bonds. The lowest BCUT2D eigenvalue weighted by atomic mass is 10.0. The second kappa shape index (κ2) is 9.71. The summed E-state index contributed by atoms with van der Waals surface area (Å²) < 4.78 is 45.1. The number of amides is 1. The normalized spacial score (nSPS) is 15.0. The number of alkyl halides is 3. The molecule has 0 aliphatic carbocycles. The van der Waals surface area contributed by atoms with Crippen LogP contribution in [0.15, 0.2) is 41.1 Å². The van der Waals surface area contributed by atoms with Crippen molar-refractivity contribution >= 4 is 38.5 Å². The predicted molar refractivity (Wildman–Crippen MR) is 120 cm³/mol. The Hall–Kier alpha value is -2.99. The number of ether oxygens (including phenoxy) is 1. The van der Waals surface area contributed by atoms with Crippen molar-refractivity contribution in [3.63, 3.8) is 0 Å². The van der Waals surface area contributed by atoms with Crippen LogP contribution in [0.2, 0.25) is 0 Å². The fourth-order valence-electron chi connectivity index (χ4n) is 3.71. The number of piperazine rings is 1. The molecule has 34 heavy (non-hydrogen) atoms. The quantitative estimate of drug-likeness (QED) is 0.353. The molecular formula is C22H21BrF3N5O3. The molecule has 0 N–H and O–H groups in total. The van der Waals surface area contributed by atoms with E-state index in [0.717, 1.165) is 19.2 Å². The molecule has 1 aromatic carbocycles. The fourth-order valence-corrected chi connectivity index (χ4v) is 4.05. The first-order chi connectivity index (χ1) is 16.1. The van der Waals surface area contributed by atoms with E-state index in [1.54, 1.807) is 23.2 Å². The van der Waals surface area contributed by atoms with Gasteiger partial charge in [0.2, 0.25) is 5.91 Å². The van der Waals surface area contributed by atoms with Crippen LogP contribution in [0.5, 0.6) is 5.75 Å². The Kier molecular flexibility index (Phi) is 6.89. The minimum Gasteiger partial charge on any atom is -0.405 e. The maximum Gasteiger partial charge on any atom is 0.573 e. The number of fused-ring (bicyclic) bond motifs is 1. The molecule has 180 valence electrons. The zero-order valence-corrected chi connectivity index (χ0v) is 19.8. The third-order valence-electron chi connectivity index (χ3n) is 5.46. The molecule has 2 aromatic heterocycles. The van der Waals surface area contributed by atoms with Crippen LogP contribution < -0.4 is 4.74 Å². The predicted octanol–water partition coefficient (Wildman–Crippen LogP) is 3.29. The summed E-state index contributed by atoms with van der Waals surface area (Å²) in [5.41, 5.74) is 0.379. The molecular weight excluding hydrogens is 519 g/mol. The summed E-state index contributed by atoms with van der Waals surface area (Å²) in [7, 11) is 1.98. The van der Waals surface area contributed by atoms with E-state index in [1.165, 1.54) is 16.8 Å². The second-order valence-electron chi connectivity index (χ2n) is 8.02. The van der Waals surface area contributed by atoms with Crippen LogP contribution in [-0.2, 0) is 17.8 Å². The maximum absolute atomic E-state index is 13.0. The van der Waals surface area contributed by atoms with Gasteiger partial charge in [0, 0.05) is 55.8 Å². The molecule has 3 heterocycles. The van der Waals surface area contributed by atoms with Gasteiger partial charge in [-0.2, -0.15) is 5.10 Å². The molecule has 1 aliphatic rings. The zero-order chi connectivity index (χ0) is 24.5. The SMILES string of the molecule is CN1CCN(C(=O)Cn2cc3cc(CC(=O)c4cccc(Br)n4)c(OC(F)(F)F)cc3n2)CC1. The molecule has 1 saturated heterocycles. The molecule has 0 bridgehead atoms. The van der Waals surface area contributed by atoms with E-state index in [9.17, 15) is 22.8 Å². The number of carbonyl (C=O) groups excluding carboxylic acids is 2. The van der Waals surface area contributed by atoms with Gasteiger partial charge in [0.05, 0.1) is 5.52 Å². The van der Waals surface area contributed by atoms with E-state index in [4.69, 9.17) is 0 Å². The second-order valence-corrected chi connectivity index (χ2v) is 8.84. The summed E-state index contributed by atoms with van der Waals surface area (Å²) in [6.07, 6.45) is -3.72. The largest absolute Gasteiger partial charge is 0.573 e. The van der Waals surface area contributed by atoms with E-state index in [0.29, 0.717) is 23.1 Å². The van der Waals surface area contributed by atoms with E-state index in [1.807, 2.05) is 7.05 Å². The van der Waals surface area contributed by atoms with Crippen LogP contribution in [0, 0.1) is 0 Å². The highest BCUT2D eigenvalue weighted by atomic mass is 79.9. The highest BCUT2D eigenvalue weighted by molar-refractivity contribution is 9.10. The highest BCUT2D eigenvalue weighted by Crippen LogP contribution is 2.31. The van der Waals surface area contributed by atoms with Crippen LogP contribution in [0.1, 0.15) is 16.1 Å². The molecule has 3 aromatic rings. The van der Waals surface area contributed by atoms with E-state index < -0.39 is 17.9 Å². The van der Waals surface area contributed by atoms with Crippen LogP contribution >= 0.6 is 15.9 Å². The monoisotopic (exact) mass is 539 g/mol. The standard InChI is InChI=1S/C22H21BrF3N5O3/c1-29-5-7-30(8-6-29)21(33)13-31-12-15-9-14(10-18(32)16-3-2-4-20(23)27-16)19(11-17(15)28-31)34-22(24,25)26/h2-4,9,11-12H,5-8,10,13H2,1H3. The summed E-state index contributed by atoms with van der Waals surface area (Å²) in [6.45, 7) is 2.72. The van der Waals surface area contributed by atoms with Gasteiger partial charge in [-0.1, -0.05) is 6.07 Å². The van der Waals surface area contributed by atoms with Crippen LogP contribution in [0.4, 0.5) is 13.2 Å². The number of rotatable bonds is 6. The third-order valence-corrected chi connectivity index (χ3v) is 5.91. The van der Waals surface area contributed by atoms with Crippen molar-refractivity contribution < 1.29 is 27.5 Å². The summed E-state index contributed by atoms with van der Waals surface area (Å²) >= 11 is 3.18. The van der Waals surface area contributed by atoms with Gasteiger partial charge in [-0.15, -0.1) is 13.2 Å². The van der Waals surface area contributed by atoms with Crippen molar-refractivity contribution in [3.05, 3.63) is 52.4 Å². The Bertz CT molecular complexity index is 1220. The van der Waals surface area contributed by atoms with E-state index >= 15 is 0 Å². The first-order valence-corrected chi connectivity index (χ1v) is 11.2. The molecule has 4 rings (SSSR count). The van der Waals surface area contributed by atoms with Gasteiger partial charge in [0.1, 0.15) is 22.6 Å². The average molecular weight is 540 g/mol. The number of halogens is 4. The van der Waals surface area contributed by atoms with Crippen molar-refractivity contribution in [2.75, 3.05) is 33.2 Å². The minimum absolute atomic E-state index is 0.0376. The minimum atomic E-state index is -4.94. The van der Waals surface area contributed by atoms with Crippen LogP contribution in [-0.4, -0.2) is 75.8 Å². The average Bonchev–Trinajstić information content (AvgIpc) is 3.14. The smallest absolute Gasteiger partial charge is 0.405 e. The number of pyridine rings is 1. The Balaban J connectivity index is 1.60. The number of ketones is 1. The van der Waals surface area contributed by atoms with Crippen molar-refractivity contribution in [1.82, 2.24) is 24.6 Å². The lowest BCUT2D eigenvalue weighted by Gasteiger charge is -2.32. The third kappa shape index (κ3) is 5.92. The summed E-state index contributed by atoms with van der Waals surface area (Å²) in [5, 5.41) is 4.74. The van der Waals surface area contributed by atoms with Gasteiger partial charge in [0.25, 0.3) is 0 Å². The van der Waals surface area contributed by atoms with Gasteiger partial charge in [-0.25, -0.2) is 4.98 Å². The molecule has 0 spiro atoms. The number of likely N-dealkylation sites (N-methyl/N-ethyl adjacent to an activating group) is 1. The first-order valence-electron chi connectivity index (χ1n) is 10.5. The van der Waals surface area contributed by atoms with Gasteiger partial charge >= 0.3 is 6.36 Å². The fraction of sp³-hybridized carbons (Fsp3) is 0.364. The van der Waals surface area contributed by atoms with Crippen LogP contribution in [0.25, 0.3) is 10.9 Å². The summed E-state index contributed by atoms with van der Waals surface area (Å²) in [4.78, 5) is 33.2. The molecule has 0 atom stereocenters. The summed E-state index contributed by atoms with van der Waals surface area (Å²) in [5.74, 6) is -1.10. The number of benzene rings is 1. The highest BCUT2D eigenvalue weighted by Gasteiger charge is 2.33. The van der Waals surface area contributed by atoms with E-state index in [-0.39, 0.29) is 35.6 Å². The van der Waals surface area contributed by atoms with Gasteiger partial charge in [0.15, 0.2) is 5.78 Å². The molecule has 1 aliphatic heterocycles. The number of hydrogen-bond donors (Lipinski definition) is 0. The molecule has 12 heteroatoms. The number of carbonyl (C=O) groups is 2. The van der Waals surface area contributed by atoms with Crippen molar-refractivity contribution in [1.29, 1.82) is 0 Å². The molecule has 0 unspecified atom stereocenters. The van der Waals surface area contributed by atoms with Crippen molar-refractivity contribution in [2.24, 2.45) is 0 Å². The number of aromatic nitrogens is 3. The van der Waals surface area contributed by atoms with Crippen LogP contribution in [0.3, 0.4) is 0 Å². The number of nitrogens with zero attached hydrogens (tertiary/aromatic N) is 5. The van der Waals surface area contributed by atoms with Crippen molar-refractivity contribution in [2.45, 2.75) is 19.3 Å². The lowest BCUT2D eigenvalue weighted by molar-refractivity contribution is -0.274. The Labute approximate surface area is 201 Å². The maximum atomic E-state index is 13.0. The topological polar surface area (TPSA) is 80.6 Å². The number of hydrogen-bond acceptors (Lipinski definition) is 6. The number of Topliss-reactive ketones (excluding diaryl/α,β-unsaturated/α-hetero) is 1. The Morgan fingerprint density at radius 3 is 2.56 bits per heavy atom.